The first kappa shape index (κ1) is 16.1. The Balaban J connectivity index is 1.75. The van der Waals surface area contributed by atoms with Crippen molar-refractivity contribution in [3.05, 3.63) is 47.1 Å². The number of nitrogens with zero attached hydrogens (tertiary/aromatic N) is 6. The van der Waals surface area contributed by atoms with Crippen molar-refractivity contribution < 1.29 is 4.79 Å². The lowest BCUT2D eigenvalue weighted by molar-refractivity contribution is 0.0667. The highest BCUT2D eigenvalue weighted by Gasteiger charge is 2.30. The molecule has 3 heterocycles. The van der Waals surface area contributed by atoms with Crippen LogP contribution in [0.15, 0.2) is 30.7 Å². The van der Waals surface area contributed by atoms with E-state index < -0.39 is 0 Å². The monoisotopic (exact) mass is 342 g/mol. The third-order valence-corrected chi connectivity index (χ3v) is 4.14. The number of hydrogen-bond acceptors (Lipinski definition) is 6. The SMILES string of the molecule is CC1CN(c2nccnc2C#N)CCN1C(=O)c1ccc(Cl)cn1. The van der Waals surface area contributed by atoms with Gasteiger partial charge in [0.2, 0.25) is 0 Å². The van der Waals surface area contributed by atoms with E-state index in [-0.39, 0.29) is 11.9 Å². The summed E-state index contributed by atoms with van der Waals surface area (Å²) in [6.45, 7) is 3.64. The Morgan fingerprint density at radius 3 is 2.75 bits per heavy atom. The third kappa shape index (κ3) is 3.14. The zero-order valence-electron chi connectivity index (χ0n) is 13.1. The minimum absolute atomic E-state index is 0.0442. The molecule has 0 saturated carbocycles. The van der Waals surface area contributed by atoms with Gasteiger partial charge in [-0.25, -0.2) is 15.0 Å². The van der Waals surface area contributed by atoms with Crippen LogP contribution >= 0.6 is 11.6 Å². The number of pyridine rings is 1. The van der Waals surface area contributed by atoms with Crippen LogP contribution in [-0.4, -0.2) is 51.4 Å². The van der Waals surface area contributed by atoms with Gasteiger partial charge in [0.1, 0.15) is 11.8 Å². The minimum atomic E-state index is -0.126. The summed E-state index contributed by atoms with van der Waals surface area (Å²) in [7, 11) is 0. The Bertz CT molecular complexity index is 788. The molecule has 1 aliphatic heterocycles. The van der Waals surface area contributed by atoms with Gasteiger partial charge in [0, 0.05) is 44.3 Å². The molecule has 3 rings (SSSR count). The lowest BCUT2D eigenvalue weighted by Crippen LogP contribution is -2.54. The van der Waals surface area contributed by atoms with Gasteiger partial charge in [-0.1, -0.05) is 11.6 Å². The molecule has 2 aromatic rings. The maximum Gasteiger partial charge on any atom is 0.272 e. The Hall–Kier alpha value is -2.72. The molecule has 24 heavy (non-hydrogen) atoms. The molecule has 122 valence electrons. The molecule has 0 radical (unpaired) electrons. The number of anilines is 1. The molecule has 8 heteroatoms. The fourth-order valence-electron chi connectivity index (χ4n) is 2.74. The molecule has 1 saturated heterocycles. The van der Waals surface area contributed by atoms with Crippen LogP contribution in [0, 0.1) is 11.3 Å². The first-order chi connectivity index (χ1) is 11.6. The van der Waals surface area contributed by atoms with Crippen LogP contribution in [0.4, 0.5) is 5.82 Å². The Kier molecular flexibility index (Phi) is 4.58. The van der Waals surface area contributed by atoms with Gasteiger partial charge >= 0.3 is 0 Å². The van der Waals surface area contributed by atoms with E-state index in [1.54, 1.807) is 23.2 Å². The molecular formula is C16H15ClN6O. The van der Waals surface area contributed by atoms with Gasteiger partial charge in [-0.15, -0.1) is 0 Å². The van der Waals surface area contributed by atoms with Crippen LogP contribution in [0.25, 0.3) is 0 Å². The molecule has 1 fully saturated rings. The van der Waals surface area contributed by atoms with Gasteiger partial charge in [-0.2, -0.15) is 5.26 Å². The van der Waals surface area contributed by atoms with E-state index in [9.17, 15) is 4.79 Å². The normalized spacial score (nSPS) is 17.5. The van der Waals surface area contributed by atoms with Crippen LogP contribution in [-0.2, 0) is 0 Å². The number of piperazine rings is 1. The molecule has 0 N–H and O–H groups in total. The van der Waals surface area contributed by atoms with Gasteiger partial charge in [-0.05, 0) is 19.1 Å². The summed E-state index contributed by atoms with van der Waals surface area (Å²) in [5, 5.41) is 9.66. The number of nitriles is 1. The van der Waals surface area contributed by atoms with Crippen LogP contribution in [0.5, 0.6) is 0 Å². The van der Waals surface area contributed by atoms with Crippen LogP contribution in [0.3, 0.4) is 0 Å². The number of carbonyl (C=O) groups excluding carboxylic acids is 1. The van der Waals surface area contributed by atoms with Crippen molar-refractivity contribution in [3.63, 3.8) is 0 Å². The Morgan fingerprint density at radius 2 is 2.08 bits per heavy atom. The van der Waals surface area contributed by atoms with E-state index in [1.165, 1.54) is 12.4 Å². The summed E-state index contributed by atoms with van der Waals surface area (Å²) >= 11 is 5.81. The van der Waals surface area contributed by atoms with Gasteiger partial charge in [0.25, 0.3) is 5.91 Å². The average Bonchev–Trinajstić information content (AvgIpc) is 2.61. The highest BCUT2D eigenvalue weighted by molar-refractivity contribution is 6.30. The average molecular weight is 343 g/mol. The summed E-state index contributed by atoms with van der Waals surface area (Å²) in [6.07, 6.45) is 4.53. The molecule has 1 aliphatic rings. The smallest absolute Gasteiger partial charge is 0.272 e. The summed E-state index contributed by atoms with van der Waals surface area (Å²) < 4.78 is 0. The molecule has 0 aliphatic carbocycles. The molecule has 1 amide bonds. The molecule has 0 bridgehead atoms. The summed E-state index contributed by atoms with van der Waals surface area (Å²) in [6, 6.07) is 5.29. The number of amides is 1. The second-order valence-corrected chi connectivity index (χ2v) is 5.93. The second-order valence-electron chi connectivity index (χ2n) is 5.50. The van der Waals surface area contributed by atoms with Gasteiger partial charge < -0.3 is 9.80 Å². The first-order valence-corrected chi connectivity index (χ1v) is 7.86. The first-order valence-electron chi connectivity index (χ1n) is 7.48. The molecule has 0 aromatic carbocycles. The zero-order valence-corrected chi connectivity index (χ0v) is 13.8. The summed E-state index contributed by atoms with van der Waals surface area (Å²) in [5.41, 5.74) is 0.667. The third-order valence-electron chi connectivity index (χ3n) is 3.92. The van der Waals surface area contributed by atoms with E-state index in [2.05, 4.69) is 21.0 Å². The van der Waals surface area contributed by atoms with Crippen molar-refractivity contribution in [1.29, 1.82) is 5.26 Å². The number of rotatable bonds is 2. The predicted molar refractivity (Wildman–Crippen MR) is 88.7 cm³/mol. The number of halogens is 1. The Morgan fingerprint density at radius 1 is 1.29 bits per heavy atom. The van der Waals surface area contributed by atoms with E-state index in [0.29, 0.717) is 41.9 Å². The van der Waals surface area contributed by atoms with Crippen molar-refractivity contribution in [1.82, 2.24) is 19.9 Å². The molecular weight excluding hydrogens is 328 g/mol. The van der Waals surface area contributed by atoms with E-state index >= 15 is 0 Å². The van der Waals surface area contributed by atoms with Crippen LogP contribution < -0.4 is 4.90 Å². The van der Waals surface area contributed by atoms with Gasteiger partial charge in [0.05, 0.1) is 5.02 Å². The fraction of sp³-hybridized carbons (Fsp3) is 0.312. The number of carbonyl (C=O) groups is 1. The standard InChI is InChI=1S/C16H15ClN6O/c1-11-10-22(15-14(8-18)19-4-5-20-15)6-7-23(11)16(24)13-3-2-12(17)9-21-13/h2-5,9,11H,6-7,10H2,1H3. The molecule has 2 aromatic heterocycles. The van der Waals surface area contributed by atoms with Crippen molar-refractivity contribution >= 4 is 23.3 Å². The largest absolute Gasteiger partial charge is 0.350 e. The van der Waals surface area contributed by atoms with Crippen molar-refractivity contribution in [2.24, 2.45) is 0 Å². The maximum atomic E-state index is 12.6. The Labute approximate surface area is 144 Å². The van der Waals surface area contributed by atoms with E-state index in [0.717, 1.165) is 0 Å². The van der Waals surface area contributed by atoms with E-state index in [4.69, 9.17) is 16.9 Å². The number of aromatic nitrogens is 3. The topological polar surface area (TPSA) is 86.0 Å². The van der Waals surface area contributed by atoms with Gasteiger partial charge in [-0.3, -0.25) is 4.79 Å². The van der Waals surface area contributed by atoms with Crippen molar-refractivity contribution in [2.45, 2.75) is 13.0 Å². The maximum absolute atomic E-state index is 12.6. The fourth-order valence-corrected chi connectivity index (χ4v) is 2.85. The summed E-state index contributed by atoms with van der Waals surface area (Å²) in [5.74, 6) is 0.432. The van der Waals surface area contributed by atoms with Gasteiger partial charge in [0.15, 0.2) is 11.5 Å². The summed E-state index contributed by atoms with van der Waals surface area (Å²) in [4.78, 5) is 28.7. The van der Waals surface area contributed by atoms with Crippen LogP contribution in [0.2, 0.25) is 5.02 Å². The second kappa shape index (κ2) is 6.81. The minimum Gasteiger partial charge on any atom is -0.350 e. The molecule has 1 unspecified atom stereocenters. The van der Waals surface area contributed by atoms with Crippen LogP contribution in [0.1, 0.15) is 23.1 Å². The van der Waals surface area contributed by atoms with E-state index in [1.807, 2.05) is 11.8 Å². The highest BCUT2D eigenvalue weighted by Crippen LogP contribution is 2.20. The highest BCUT2D eigenvalue weighted by atomic mass is 35.5. The zero-order chi connectivity index (χ0) is 17.1. The lowest BCUT2D eigenvalue weighted by Gasteiger charge is -2.40. The van der Waals surface area contributed by atoms with Crippen molar-refractivity contribution in [3.8, 4) is 6.07 Å². The predicted octanol–water partition coefficient (Wildman–Crippen LogP) is 1.75. The van der Waals surface area contributed by atoms with Crippen molar-refractivity contribution in [2.75, 3.05) is 24.5 Å². The number of hydrogen-bond donors (Lipinski definition) is 0. The molecule has 1 atom stereocenters. The quantitative estimate of drug-likeness (QED) is 0.826. The molecule has 7 nitrogen and oxygen atoms in total. The lowest BCUT2D eigenvalue weighted by atomic mass is 10.1. The molecule has 0 spiro atoms.